The van der Waals surface area contributed by atoms with Crippen LogP contribution in [-0.2, 0) is 6.54 Å². The summed E-state index contributed by atoms with van der Waals surface area (Å²) in [5.41, 5.74) is 1.69. The van der Waals surface area contributed by atoms with Crippen LogP contribution in [0, 0.1) is 17.2 Å². The standard InChI is InChI=1S/C22H21N3O4/c1-3-29-19-9-8-15(10-18(19)20(26)24-12-14(2)11-23)13-25-21(27)16-6-4-5-7-17(16)22(25)28/h4-10,14H,3,12-13H2,1-2H3,(H,24,26)/t14-/m1/s1. The molecule has 7 nitrogen and oxygen atoms in total. The van der Waals surface area contributed by atoms with Crippen molar-refractivity contribution in [2.45, 2.75) is 20.4 Å². The van der Waals surface area contributed by atoms with Gasteiger partial charge in [-0.1, -0.05) is 18.2 Å². The quantitative estimate of drug-likeness (QED) is 0.732. The van der Waals surface area contributed by atoms with Crippen LogP contribution in [-0.4, -0.2) is 35.8 Å². The zero-order chi connectivity index (χ0) is 21.0. The Morgan fingerprint density at radius 1 is 1.17 bits per heavy atom. The van der Waals surface area contributed by atoms with Crippen LogP contribution in [0.15, 0.2) is 42.5 Å². The van der Waals surface area contributed by atoms with E-state index in [2.05, 4.69) is 11.4 Å². The van der Waals surface area contributed by atoms with Crippen LogP contribution in [0.1, 0.15) is 50.5 Å². The van der Waals surface area contributed by atoms with E-state index in [0.717, 1.165) is 0 Å². The van der Waals surface area contributed by atoms with Crippen molar-refractivity contribution >= 4 is 17.7 Å². The van der Waals surface area contributed by atoms with E-state index < -0.39 is 0 Å². The highest BCUT2D eigenvalue weighted by Crippen LogP contribution is 2.26. The molecule has 0 fully saturated rings. The van der Waals surface area contributed by atoms with E-state index >= 15 is 0 Å². The number of nitriles is 1. The minimum Gasteiger partial charge on any atom is -0.493 e. The molecule has 29 heavy (non-hydrogen) atoms. The fraction of sp³-hybridized carbons (Fsp3) is 0.273. The molecule has 7 heteroatoms. The van der Waals surface area contributed by atoms with Crippen molar-refractivity contribution in [3.8, 4) is 11.8 Å². The van der Waals surface area contributed by atoms with Crippen molar-refractivity contribution in [2.24, 2.45) is 5.92 Å². The van der Waals surface area contributed by atoms with E-state index in [0.29, 0.717) is 34.6 Å². The van der Waals surface area contributed by atoms with Gasteiger partial charge in [0.2, 0.25) is 0 Å². The number of hydrogen-bond donors (Lipinski definition) is 1. The molecule has 2 aromatic rings. The largest absolute Gasteiger partial charge is 0.493 e. The summed E-state index contributed by atoms with van der Waals surface area (Å²) >= 11 is 0. The third-order valence-corrected chi connectivity index (χ3v) is 4.60. The van der Waals surface area contributed by atoms with Gasteiger partial charge in [0, 0.05) is 6.54 Å². The lowest BCUT2D eigenvalue weighted by Gasteiger charge is -2.16. The maximum atomic E-state index is 12.6. The van der Waals surface area contributed by atoms with E-state index in [4.69, 9.17) is 10.00 Å². The summed E-state index contributed by atoms with van der Waals surface area (Å²) in [5.74, 6) is -1.00. The van der Waals surface area contributed by atoms with Gasteiger partial charge in [0.25, 0.3) is 17.7 Å². The van der Waals surface area contributed by atoms with Gasteiger partial charge in [-0.15, -0.1) is 0 Å². The summed E-state index contributed by atoms with van der Waals surface area (Å²) in [6, 6.07) is 13.7. The first kappa shape index (κ1) is 20.1. The van der Waals surface area contributed by atoms with Crippen LogP contribution >= 0.6 is 0 Å². The molecule has 0 radical (unpaired) electrons. The Balaban J connectivity index is 1.84. The predicted molar refractivity (Wildman–Crippen MR) is 105 cm³/mol. The normalized spacial score (nSPS) is 13.6. The molecule has 1 aliphatic heterocycles. The molecule has 0 saturated heterocycles. The Bertz CT molecular complexity index is 974. The van der Waals surface area contributed by atoms with Crippen LogP contribution in [0.3, 0.4) is 0 Å². The highest BCUT2D eigenvalue weighted by molar-refractivity contribution is 6.21. The molecule has 0 aromatic heterocycles. The zero-order valence-corrected chi connectivity index (χ0v) is 16.3. The molecule has 0 unspecified atom stereocenters. The van der Waals surface area contributed by atoms with E-state index in [1.165, 1.54) is 4.90 Å². The lowest BCUT2D eigenvalue weighted by molar-refractivity contribution is 0.0642. The van der Waals surface area contributed by atoms with Gasteiger partial charge >= 0.3 is 0 Å². The van der Waals surface area contributed by atoms with Gasteiger partial charge < -0.3 is 10.1 Å². The van der Waals surface area contributed by atoms with Gasteiger partial charge in [0.15, 0.2) is 0 Å². The third-order valence-electron chi connectivity index (χ3n) is 4.60. The number of nitrogens with one attached hydrogen (secondary N) is 1. The molecule has 1 heterocycles. The van der Waals surface area contributed by atoms with Crippen molar-refractivity contribution in [3.05, 3.63) is 64.7 Å². The first-order chi connectivity index (χ1) is 14.0. The van der Waals surface area contributed by atoms with Gasteiger partial charge in [0.1, 0.15) is 5.75 Å². The second-order valence-corrected chi connectivity index (χ2v) is 6.75. The molecule has 0 bridgehead atoms. The molecule has 0 saturated carbocycles. The molecule has 0 aliphatic carbocycles. The maximum Gasteiger partial charge on any atom is 0.261 e. The maximum absolute atomic E-state index is 12.6. The number of benzene rings is 2. The van der Waals surface area contributed by atoms with Crippen LogP contribution in [0.5, 0.6) is 5.75 Å². The van der Waals surface area contributed by atoms with Gasteiger partial charge in [-0.3, -0.25) is 19.3 Å². The first-order valence-electron chi connectivity index (χ1n) is 9.35. The molecule has 1 atom stereocenters. The second-order valence-electron chi connectivity index (χ2n) is 6.75. The van der Waals surface area contributed by atoms with Crippen molar-refractivity contribution in [2.75, 3.05) is 13.2 Å². The van der Waals surface area contributed by atoms with Gasteiger partial charge in [-0.2, -0.15) is 5.26 Å². The Kier molecular flexibility index (Phi) is 5.93. The molecule has 2 aromatic carbocycles. The number of hydrogen-bond acceptors (Lipinski definition) is 5. The summed E-state index contributed by atoms with van der Waals surface area (Å²) in [5, 5.41) is 11.6. The van der Waals surface area contributed by atoms with Gasteiger partial charge in [-0.05, 0) is 43.7 Å². The number of rotatable bonds is 7. The summed E-state index contributed by atoms with van der Waals surface area (Å²) < 4.78 is 5.54. The summed E-state index contributed by atoms with van der Waals surface area (Å²) in [6.45, 7) is 4.17. The number of nitrogens with zero attached hydrogens (tertiary/aromatic N) is 2. The Labute approximate surface area is 168 Å². The molecule has 1 aliphatic rings. The van der Waals surface area contributed by atoms with Crippen LogP contribution in [0.25, 0.3) is 0 Å². The molecular weight excluding hydrogens is 370 g/mol. The average Bonchev–Trinajstić information content (AvgIpc) is 2.98. The number of amides is 3. The van der Waals surface area contributed by atoms with Gasteiger partial charge in [0.05, 0.1) is 41.8 Å². The number of carbonyl (C=O) groups is 3. The van der Waals surface area contributed by atoms with Crippen molar-refractivity contribution in [1.82, 2.24) is 10.2 Å². The van der Waals surface area contributed by atoms with Crippen molar-refractivity contribution < 1.29 is 19.1 Å². The molecule has 3 amide bonds. The third kappa shape index (κ3) is 4.11. The number of fused-ring (bicyclic) bond motifs is 1. The van der Waals surface area contributed by atoms with E-state index in [9.17, 15) is 14.4 Å². The van der Waals surface area contributed by atoms with Crippen molar-refractivity contribution in [1.29, 1.82) is 5.26 Å². The van der Waals surface area contributed by atoms with E-state index in [1.54, 1.807) is 49.4 Å². The smallest absolute Gasteiger partial charge is 0.261 e. The molecule has 148 valence electrons. The van der Waals surface area contributed by atoms with Crippen molar-refractivity contribution in [3.63, 3.8) is 0 Å². The fourth-order valence-corrected chi connectivity index (χ4v) is 3.09. The lowest BCUT2D eigenvalue weighted by atomic mass is 10.1. The number of ether oxygens (including phenoxy) is 1. The fourth-order valence-electron chi connectivity index (χ4n) is 3.09. The topological polar surface area (TPSA) is 99.5 Å². The molecule has 1 N–H and O–H groups in total. The molecule has 3 rings (SSSR count). The van der Waals surface area contributed by atoms with Crippen LogP contribution in [0.2, 0.25) is 0 Å². The Morgan fingerprint density at radius 3 is 2.41 bits per heavy atom. The number of carbonyl (C=O) groups excluding carboxylic acids is 3. The minimum atomic E-state index is -0.375. The Morgan fingerprint density at radius 2 is 1.83 bits per heavy atom. The van der Waals surface area contributed by atoms with Gasteiger partial charge in [-0.25, -0.2) is 0 Å². The van der Waals surface area contributed by atoms with E-state index in [1.807, 2.05) is 6.92 Å². The zero-order valence-electron chi connectivity index (χ0n) is 16.3. The minimum absolute atomic E-state index is 0.0492. The second kappa shape index (κ2) is 8.57. The summed E-state index contributed by atoms with van der Waals surface area (Å²) in [7, 11) is 0. The van der Waals surface area contributed by atoms with Crippen LogP contribution in [0.4, 0.5) is 0 Å². The summed E-state index contributed by atoms with van der Waals surface area (Å²) in [4.78, 5) is 38.9. The summed E-state index contributed by atoms with van der Waals surface area (Å²) in [6.07, 6.45) is 0. The monoisotopic (exact) mass is 391 g/mol. The number of imide groups is 1. The highest BCUT2D eigenvalue weighted by atomic mass is 16.5. The molecular formula is C22H21N3O4. The Hall–Kier alpha value is -3.66. The SMILES string of the molecule is CCOc1ccc(CN2C(=O)c3ccccc3C2=O)cc1C(=O)NC[C@H](C)C#N. The lowest BCUT2D eigenvalue weighted by Crippen LogP contribution is -2.30. The average molecular weight is 391 g/mol. The predicted octanol–water partition coefficient (Wildman–Crippen LogP) is 2.77. The first-order valence-corrected chi connectivity index (χ1v) is 9.35. The molecule has 0 spiro atoms. The van der Waals surface area contributed by atoms with E-state index in [-0.39, 0.29) is 36.7 Å². The highest BCUT2D eigenvalue weighted by Gasteiger charge is 2.35. The van der Waals surface area contributed by atoms with Crippen LogP contribution < -0.4 is 10.1 Å².